The van der Waals surface area contributed by atoms with Gasteiger partial charge in [-0.1, -0.05) is 32.9 Å². The lowest BCUT2D eigenvalue weighted by atomic mass is 9.60. The number of primary amides is 1. The Morgan fingerprint density at radius 1 is 1.18 bits per heavy atom. The van der Waals surface area contributed by atoms with Gasteiger partial charge in [0.25, 0.3) is 5.91 Å². The SMILES string of the molecule is CC(C)(C)CNCc1ccc2c(c1O)C(=O)C1=C(O)[C@]3(O)C(=O)C(C(N)=O)=C(O)C[C@@H]3C[C@@H]1C2. The molecular weight excluding hydrogens is 440 g/mol. The highest BCUT2D eigenvalue weighted by atomic mass is 16.3. The summed E-state index contributed by atoms with van der Waals surface area (Å²) in [5.41, 5.74) is 2.91. The number of aromatic hydroxyl groups is 1. The predicted molar refractivity (Wildman–Crippen MR) is 122 cm³/mol. The normalized spacial score (nSPS) is 26.8. The number of benzene rings is 1. The van der Waals surface area contributed by atoms with Crippen molar-refractivity contribution in [2.24, 2.45) is 23.0 Å². The minimum absolute atomic E-state index is 0.0245. The Labute approximate surface area is 197 Å². The zero-order chi connectivity index (χ0) is 25.2. The van der Waals surface area contributed by atoms with Crippen LogP contribution in [0.25, 0.3) is 0 Å². The van der Waals surface area contributed by atoms with Gasteiger partial charge in [0.1, 0.15) is 22.8 Å². The van der Waals surface area contributed by atoms with Crippen molar-refractivity contribution in [1.29, 1.82) is 0 Å². The fraction of sp³-hybridized carbons (Fsp3) is 0.480. The molecular formula is C25H30N2O7. The second kappa shape index (κ2) is 7.95. The Bertz CT molecular complexity index is 1170. The largest absolute Gasteiger partial charge is 0.511 e. The van der Waals surface area contributed by atoms with Crippen LogP contribution in [0.15, 0.2) is 34.8 Å². The summed E-state index contributed by atoms with van der Waals surface area (Å²) in [5, 5.41) is 46.6. The van der Waals surface area contributed by atoms with Crippen LogP contribution in [-0.2, 0) is 22.6 Å². The molecule has 34 heavy (non-hydrogen) atoms. The number of phenolic OH excluding ortho intramolecular Hbond substituents is 1. The van der Waals surface area contributed by atoms with Crippen molar-refractivity contribution >= 4 is 17.5 Å². The van der Waals surface area contributed by atoms with Crippen LogP contribution in [0.3, 0.4) is 0 Å². The Morgan fingerprint density at radius 3 is 2.47 bits per heavy atom. The second-order valence-electron chi connectivity index (χ2n) is 10.7. The van der Waals surface area contributed by atoms with Gasteiger partial charge in [-0.15, -0.1) is 0 Å². The number of carbonyl (C=O) groups is 3. The summed E-state index contributed by atoms with van der Waals surface area (Å²) >= 11 is 0. The number of phenols is 1. The zero-order valence-electron chi connectivity index (χ0n) is 19.4. The van der Waals surface area contributed by atoms with E-state index in [2.05, 4.69) is 26.1 Å². The summed E-state index contributed by atoms with van der Waals surface area (Å²) in [4.78, 5) is 38.2. The molecule has 0 aliphatic heterocycles. The van der Waals surface area contributed by atoms with Crippen LogP contribution in [0.2, 0.25) is 0 Å². The van der Waals surface area contributed by atoms with Crippen LogP contribution in [0.1, 0.15) is 55.1 Å². The maximum atomic E-state index is 13.5. The third-order valence-electron chi connectivity index (χ3n) is 6.99. The molecule has 0 heterocycles. The van der Waals surface area contributed by atoms with Crippen LogP contribution < -0.4 is 11.1 Å². The number of hydrogen-bond donors (Lipinski definition) is 6. The van der Waals surface area contributed by atoms with Crippen LogP contribution in [0.5, 0.6) is 5.75 Å². The molecule has 0 fully saturated rings. The van der Waals surface area contributed by atoms with Gasteiger partial charge in [-0.25, -0.2) is 0 Å². The van der Waals surface area contributed by atoms with Gasteiger partial charge in [0, 0.05) is 36.6 Å². The van der Waals surface area contributed by atoms with E-state index in [1.807, 2.05) is 0 Å². The van der Waals surface area contributed by atoms with E-state index >= 15 is 0 Å². The maximum Gasteiger partial charge on any atom is 0.255 e. The summed E-state index contributed by atoms with van der Waals surface area (Å²) < 4.78 is 0. The number of aliphatic hydroxyl groups is 3. The van der Waals surface area contributed by atoms with Crippen LogP contribution in [0.4, 0.5) is 0 Å². The molecule has 182 valence electrons. The first-order valence-corrected chi connectivity index (χ1v) is 11.3. The molecule has 9 heteroatoms. The monoisotopic (exact) mass is 470 g/mol. The average molecular weight is 471 g/mol. The highest BCUT2D eigenvalue weighted by Gasteiger charge is 2.59. The van der Waals surface area contributed by atoms with Crippen LogP contribution >= 0.6 is 0 Å². The quantitative estimate of drug-likeness (QED) is 0.361. The standard InChI is InChI=1S/C25H30N2O7/c1-24(2,3)10-27-9-12-5-4-11-6-13-7-14-8-15(28)18(23(26)33)22(32)25(14,34)21(31)17(13)20(30)16(11)19(12)29/h4-5,13-14,27-29,31,34H,6-10H2,1-3H3,(H2,26,33)/t13-,14-,25-/m0/s1. The van der Waals surface area contributed by atoms with Gasteiger partial charge < -0.3 is 31.5 Å². The number of ketones is 2. The molecule has 1 aromatic rings. The Morgan fingerprint density at radius 2 is 1.85 bits per heavy atom. The lowest BCUT2D eigenvalue weighted by Crippen LogP contribution is -2.57. The molecule has 0 radical (unpaired) electrons. The van der Waals surface area contributed by atoms with Crippen molar-refractivity contribution in [3.05, 3.63) is 51.5 Å². The summed E-state index contributed by atoms with van der Waals surface area (Å²) in [7, 11) is 0. The van der Waals surface area contributed by atoms with Gasteiger partial charge in [-0.3, -0.25) is 14.4 Å². The Balaban J connectivity index is 1.75. The minimum Gasteiger partial charge on any atom is -0.511 e. The summed E-state index contributed by atoms with van der Waals surface area (Å²) in [6, 6.07) is 3.52. The molecule has 3 aliphatic rings. The molecule has 0 bridgehead atoms. The van der Waals surface area contributed by atoms with Crippen molar-refractivity contribution in [2.45, 2.75) is 52.2 Å². The van der Waals surface area contributed by atoms with E-state index in [9.17, 15) is 34.8 Å². The number of fused-ring (bicyclic) bond motifs is 3. The molecule has 0 spiro atoms. The third-order valence-corrected chi connectivity index (χ3v) is 6.99. The van der Waals surface area contributed by atoms with E-state index in [1.54, 1.807) is 12.1 Å². The molecule has 0 aromatic heterocycles. The van der Waals surface area contributed by atoms with Crippen molar-refractivity contribution in [3.63, 3.8) is 0 Å². The average Bonchev–Trinajstić information content (AvgIpc) is 2.71. The highest BCUT2D eigenvalue weighted by molar-refractivity contribution is 6.24. The number of Topliss-reactive ketones (excluding diaryl/α,β-unsaturated/α-hetero) is 2. The molecule has 3 atom stereocenters. The smallest absolute Gasteiger partial charge is 0.255 e. The predicted octanol–water partition coefficient (Wildman–Crippen LogP) is 1.72. The number of nitrogens with one attached hydrogen (secondary N) is 1. The van der Waals surface area contributed by atoms with Gasteiger partial charge in [0.05, 0.1) is 5.56 Å². The summed E-state index contributed by atoms with van der Waals surface area (Å²) in [6.07, 6.45) is 0.190. The van der Waals surface area contributed by atoms with Crippen LogP contribution in [0, 0.1) is 17.3 Å². The first kappa shape index (κ1) is 24.0. The zero-order valence-corrected chi connectivity index (χ0v) is 19.4. The maximum absolute atomic E-state index is 13.5. The number of amides is 1. The van der Waals surface area contributed by atoms with E-state index in [1.165, 1.54) is 0 Å². The van der Waals surface area contributed by atoms with Crippen molar-refractivity contribution in [1.82, 2.24) is 5.32 Å². The lowest BCUT2D eigenvalue weighted by molar-refractivity contribution is -0.144. The Hall–Kier alpha value is -3.17. The molecule has 1 aromatic carbocycles. The molecule has 1 amide bonds. The van der Waals surface area contributed by atoms with Gasteiger partial charge >= 0.3 is 0 Å². The number of allylic oxidation sites excluding steroid dienone is 2. The van der Waals surface area contributed by atoms with Gasteiger partial charge in [-0.05, 0) is 29.7 Å². The molecule has 9 nitrogen and oxygen atoms in total. The number of aliphatic hydroxyl groups excluding tert-OH is 2. The number of carbonyl (C=O) groups excluding carboxylic acids is 3. The molecule has 3 aliphatic carbocycles. The van der Waals surface area contributed by atoms with Crippen molar-refractivity contribution in [3.8, 4) is 5.75 Å². The van der Waals surface area contributed by atoms with E-state index in [0.29, 0.717) is 30.6 Å². The first-order chi connectivity index (χ1) is 15.8. The second-order valence-corrected chi connectivity index (χ2v) is 10.7. The van der Waals surface area contributed by atoms with Gasteiger partial charge in [0.2, 0.25) is 5.78 Å². The molecule has 0 unspecified atom stereocenters. The molecule has 7 N–H and O–H groups in total. The van der Waals surface area contributed by atoms with Gasteiger partial charge in [-0.2, -0.15) is 0 Å². The molecule has 4 rings (SSSR count). The number of rotatable bonds is 4. The number of nitrogens with two attached hydrogens (primary N) is 1. The van der Waals surface area contributed by atoms with E-state index < -0.39 is 52.0 Å². The number of hydrogen-bond acceptors (Lipinski definition) is 8. The van der Waals surface area contributed by atoms with Gasteiger partial charge in [0.15, 0.2) is 11.4 Å². The summed E-state index contributed by atoms with van der Waals surface area (Å²) in [6.45, 7) is 7.22. The third kappa shape index (κ3) is 3.59. The van der Waals surface area contributed by atoms with Crippen molar-refractivity contribution in [2.75, 3.05) is 6.54 Å². The van der Waals surface area contributed by atoms with E-state index in [0.717, 1.165) is 0 Å². The fourth-order valence-electron chi connectivity index (χ4n) is 5.35. The fourth-order valence-corrected chi connectivity index (χ4v) is 5.35. The lowest BCUT2D eigenvalue weighted by Gasteiger charge is -2.45. The van der Waals surface area contributed by atoms with E-state index in [4.69, 9.17) is 5.73 Å². The van der Waals surface area contributed by atoms with E-state index in [-0.39, 0.29) is 35.1 Å². The Kier molecular flexibility index (Phi) is 5.61. The molecule has 0 saturated heterocycles. The van der Waals surface area contributed by atoms with Crippen LogP contribution in [-0.4, -0.2) is 50.0 Å². The first-order valence-electron chi connectivity index (χ1n) is 11.3. The molecule has 0 saturated carbocycles. The minimum atomic E-state index is -2.54. The van der Waals surface area contributed by atoms with Crippen molar-refractivity contribution < 1.29 is 34.8 Å². The topological polar surface area (TPSA) is 170 Å². The summed E-state index contributed by atoms with van der Waals surface area (Å²) in [5.74, 6) is -6.14. The highest BCUT2D eigenvalue weighted by Crippen LogP contribution is 2.51.